The molecule has 0 fully saturated rings. The van der Waals surface area contributed by atoms with Crippen LogP contribution in [0.4, 0.5) is 11.4 Å². The van der Waals surface area contributed by atoms with Crippen LogP contribution in [0.1, 0.15) is 56.2 Å². The second-order valence-corrected chi connectivity index (χ2v) is 10.7. The third kappa shape index (κ3) is 4.73. The van der Waals surface area contributed by atoms with E-state index in [2.05, 4.69) is 47.4 Å². The number of para-hydroxylation sites is 1. The zero-order chi connectivity index (χ0) is 24.5. The molecule has 1 aliphatic rings. The molecule has 35 heavy (non-hydrogen) atoms. The number of thiol groups is 1. The van der Waals surface area contributed by atoms with Crippen LogP contribution in [0, 0.1) is 20.8 Å². The van der Waals surface area contributed by atoms with E-state index in [-0.39, 0.29) is 5.91 Å². The van der Waals surface area contributed by atoms with Crippen molar-refractivity contribution >= 4 is 47.5 Å². The maximum Gasteiger partial charge on any atom is 0.258 e. The quantitative estimate of drug-likeness (QED) is 0.215. The minimum atomic E-state index is -0.0324. The van der Waals surface area contributed by atoms with E-state index < -0.39 is 0 Å². The number of rotatable bonds is 5. The van der Waals surface area contributed by atoms with E-state index in [1.54, 1.807) is 11.3 Å². The number of carbonyl (C=O) groups is 1. The normalized spacial score (nSPS) is 13.3. The molecule has 4 aromatic rings. The first-order chi connectivity index (χ1) is 16.9. The summed E-state index contributed by atoms with van der Waals surface area (Å²) in [6.07, 6.45) is 6.19. The van der Waals surface area contributed by atoms with Gasteiger partial charge in [-0.1, -0.05) is 29.8 Å². The Hall–Kier alpha value is -3.09. The molecule has 1 aliphatic carbocycles. The predicted molar refractivity (Wildman–Crippen MR) is 150 cm³/mol. The number of hydrogen-bond donors (Lipinski definition) is 2. The van der Waals surface area contributed by atoms with Crippen LogP contribution in [0.5, 0.6) is 0 Å². The van der Waals surface area contributed by atoms with E-state index in [4.69, 9.17) is 0 Å². The lowest BCUT2D eigenvalue weighted by molar-refractivity contribution is 0.102. The second kappa shape index (κ2) is 9.88. The highest BCUT2D eigenvalue weighted by molar-refractivity contribution is 7.80. The molecule has 2 aromatic heterocycles. The van der Waals surface area contributed by atoms with Gasteiger partial charge in [0, 0.05) is 38.6 Å². The minimum Gasteiger partial charge on any atom is -0.322 e. The fourth-order valence-electron chi connectivity index (χ4n) is 4.72. The minimum absolute atomic E-state index is 0.0324. The summed E-state index contributed by atoms with van der Waals surface area (Å²) in [6.45, 7) is 6.24. The Morgan fingerprint density at radius 2 is 1.80 bits per heavy atom. The number of carbonyl (C=O) groups excluding carboxylic acids is 1. The maximum absolute atomic E-state index is 13.7. The van der Waals surface area contributed by atoms with Gasteiger partial charge in [0.1, 0.15) is 5.00 Å². The lowest BCUT2D eigenvalue weighted by Crippen LogP contribution is -2.17. The highest BCUT2D eigenvalue weighted by atomic mass is 32.1. The van der Waals surface area contributed by atoms with Gasteiger partial charge in [0.25, 0.3) is 5.91 Å². The molecular formula is C29H29N3OS2. The van der Waals surface area contributed by atoms with Gasteiger partial charge in [0.15, 0.2) is 0 Å². The number of aromatic nitrogens is 1. The van der Waals surface area contributed by atoms with Crippen LogP contribution in [0.25, 0.3) is 5.00 Å². The number of hydrogen-bond acceptors (Lipinski definition) is 4. The summed E-state index contributed by atoms with van der Waals surface area (Å²) < 4.78 is 2.22. The summed E-state index contributed by atoms with van der Waals surface area (Å²) in [4.78, 5) is 20.5. The predicted octanol–water partition coefficient (Wildman–Crippen LogP) is 7.63. The van der Waals surface area contributed by atoms with Gasteiger partial charge in [0.05, 0.1) is 11.3 Å². The SMILES string of the molecule is Cc1ccc(NC(=O)c2c(-n3c(C)cc(C=Nc4ccccc4S)c3C)sc3c2CCCC3)cc1. The Labute approximate surface area is 216 Å². The molecule has 1 N–H and O–H groups in total. The molecule has 0 bridgehead atoms. The van der Waals surface area contributed by atoms with Gasteiger partial charge in [-0.2, -0.15) is 0 Å². The molecule has 0 saturated heterocycles. The molecule has 0 aliphatic heterocycles. The number of nitrogens with zero attached hydrogens (tertiary/aromatic N) is 2. The van der Waals surface area contributed by atoms with E-state index in [0.29, 0.717) is 0 Å². The summed E-state index contributed by atoms with van der Waals surface area (Å²) in [5, 5.41) is 4.16. The van der Waals surface area contributed by atoms with E-state index in [9.17, 15) is 4.79 Å². The number of thiophene rings is 1. The highest BCUT2D eigenvalue weighted by Gasteiger charge is 2.28. The molecule has 0 saturated carbocycles. The number of nitrogens with one attached hydrogen (secondary N) is 1. The Kier molecular flexibility index (Phi) is 6.67. The van der Waals surface area contributed by atoms with Crippen molar-refractivity contribution in [3.8, 4) is 5.00 Å². The fraction of sp³-hybridized carbons (Fsp3) is 0.241. The molecule has 0 radical (unpaired) electrons. The Morgan fingerprint density at radius 3 is 2.57 bits per heavy atom. The average molecular weight is 500 g/mol. The average Bonchev–Trinajstić information content (AvgIpc) is 3.36. The van der Waals surface area contributed by atoms with Gasteiger partial charge in [-0.15, -0.1) is 24.0 Å². The summed E-state index contributed by atoms with van der Waals surface area (Å²) in [5.74, 6) is -0.0324. The van der Waals surface area contributed by atoms with Crippen molar-refractivity contribution in [2.24, 2.45) is 4.99 Å². The zero-order valence-corrected chi connectivity index (χ0v) is 22.0. The molecule has 2 aromatic carbocycles. The van der Waals surface area contributed by atoms with Gasteiger partial charge in [-0.3, -0.25) is 9.79 Å². The van der Waals surface area contributed by atoms with Crippen molar-refractivity contribution in [2.75, 3.05) is 5.32 Å². The summed E-state index contributed by atoms with van der Waals surface area (Å²) >= 11 is 6.28. The van der Waals surface area contributed by atoms with Crippen molar-refractivity contribution < 1.29 is 4.79 Å². The molecule has 0 atom stereocenters. The zero-order valence-electron chi connectivity index (χ0n) is 20.3. The lowest BCUT2D eigenvalue weighted by atomic mass is 9.95. The Morgan fingerprint density at radius 1 is 1.06 bits per heavy atom. The van der Waals surface area contributed by atoms with Gasteiger partial charge in [0.2, 0.25) is 0 Å². The second-order valence-electron chi connectivity index (χ2n) is 9.12. The molecular weight excluding hydrogens is 470 g/mol. The van der Waals surface area contributed by atoms with Gasteiger partial charge < -0.3 is 9.88 Å². The van der Waals surface area contributed by atoms with Crippen LogP contribution < -0.4 is 5.32 Å². The van der Waals surface area contributed by atoms with E-state index >= 15 is 0 Å². The standard InChI is InChI=1S/C29H29N3OS2/c1-18-12-14-22(15-13-18)31-28(33)27-23-8-4-7-11-26(23)35-29(27)32-19(2)16-21(20(32)3)17-30-24-9-5-6-10-25(24)34/h5-6,9-10,12-17,34H,4,7-8,11H2,1-3H3,(H,31,33). The fourth-order valence-corrected chi connectivity index (χ4v) is 6.43. The number of amides is 1. The van der Waals surface area contributed by atoms with Crippen LogP contribution in [0.3, 0.4) is 0 Å². The first-order valence-corrected chi connectivity index (χ1v) is 13.2. The summed E-state index contributed by atoms with van der Waals surface area (Å²) in [5.41, 5.74) is 8.06. The Bertz CT molecular complexity index is 1430. The number of benzene rings is 2. The lowest BCUT2D eigenvalue weighted by Gasteiger charge is -2.14. The third-order valence-electron chi connectivity index (χ3n) is 6.59. The molecule has 1 amide bonds. The molecule has 4 nitrogen and oxygen atoms in total. The molecule has 0 spiro atoms. The summed E-state index contributed by atoms with van der Waals surface area (Å²) in [6, 6.07) is 17.9. The maximum atomic E-state index is 13.7. The Balaban J connectivity index is 1.56. The van der Waals surface area contributed by atoms with Crippen LogP contribution in [-0.2, 0) is 12.8 Å². The van der Waals surface area contributed by atoms with Crippen molar-refractivity contribution in [3.63, 3.8) is 0 Å². The topological polar surface area (TPSA) is 46.4 Å². The van der Waals surface area contributed by atoms with Crippen molar-refractivity contribution in [1.29, 1.82) is 0 Å². The molecule has 178 valence electrons. The van der Waals surface area contributed by atoms with Crippen LogP contribution in [-0.4, -0.2) is 16.7 Å². The largest absolute Gasteiger partial charge is 0.322 e. The van der Waals surface area contributed by atoms with Crippen LogP contribution in [0.2, 0.25) is 0 Å². The highest BCUT2D eigenvalue weighted by Crippen LogP contribution is 2.39. The first kappa shape index (κ1) is 23.6. The van der Waals surface area contributed by atoms with E-state index in [1.807, 2.05) is 61.7 Å². The number of aliphatic imine (C=N–C) groups is 1. The number of anilines is 1. The van der Waals surface area contributed by atoms with Gasteiger partial charge >= 0.3 is 0 Å². The number of fused-ring (bicyclic) bond motifs is 1. The van der Waals surface area contributed by atoms with Gasteiger partial charge in [-0.25, -0.2) is 0 Å². The van der Waals surface area contributed by atoms with Crippen molar-refractivity contribution in [3.05, 3.63) is 93.1 Å². The van der Waals surface area contributed by atoms with E-state index in [0.717, 1.165) is 63.0 Å². The molecule has 5 rings (SSSR count). The molecule has 2 heterocycles. The van der Waals surface area contributed by atoms with Crippen molar-refractivity contribution in [2.45, 2.75) is 51.3 Å². The third-order valence-corrected chi connectivity index (χ3v) is 8.24. The summed E-state index contributed by atoms with van der Waals surface area (Å²) in [7, 11) is 0. The van der Waals surface area contributed by atoms with Crippen LogP contribution in [0.15, 0.2) is 64.5 Å². The first-order valence-electron chi connectivity index (χ1n) is 12.0. The molecule has 0 unspecified atom stereocenters. The van der Waals surface area contributed by atoms with Crippen molar-refractivity contribution in [1.82, 2.24) is 4.57 Å². The number of aryl methyl sites for hydroxylation is 3. The van der Waals surface area contributed by atoms with Gasteiger partial charge in [-0.05, 0) is 82.3 Å². The smallest absolute Gasteiger partial charge is 0.258 e. The monoisotopic (exact) mass is 499 g/mol. The van der Waals surface area contributed by atoms with Crippen LogP contribution >= 0.6 is 24.0 Å². The molecule has 6 heteroatoms. The van der Waals surface area contributed by atoms with E-state index in [1.165, 1.54) is 22.4 Å².